The van der Waals surface area contributed by atoms with Crippen molar-refractivity contribution in [3.63, 3.8) is 0 Å². The van der Waals surface area contributed by atoms with Gasteiger partial charge in [-0.15, -0.1) is 0 Å². The second kappa shape index (κ2) is 7.09. The van der Waals surface area contributed by atoms with Crippen molar-refractivity contribution in [1.82, 2.24) is 5.32 Å². The lowest BCUT2D eigenvalue weighted by atomic mass is 10.1. The quantitative estimate of drug-likeness (QED) is 0.834. The molecule has 0 heterocycles. The van der Waals surface area contributed by atoms with Crippen molar-refractivity contribution in [3.8, 4) is 5.75 Å². The van der Waals surface area contributed by atoms with Crippen LogP contribution in [0.1, 0.15) is 31.9 Å². The van der Waals surface area contributed by atoms with Crippen LogP contribution in [0.15, 0.2) is 16.6 Å². The standard InChI is InChI=1S/C15H22BrNO3/c1-10-6-12(16)7-11(8-17-15(2,3)4)14(10)20-9-13(18)19-5/h6-7,17H,8-9H2,1-5H3. The molecule has 112 valence electrons. The van der Waals surface area contributed by atoms with Gasteiger partial charge in [0.1, 0.15) is 5.75 Å². The Labute approximate surface area is 129 Å². The highest BCUT2D eigenvalue weighted by molar-refractivity contribution is 9.10. The molecular weight excluding hydrogens is 322 g/mol. The van der Waals surface area contributed by atoms with Crippen molar-refractivity contribution in [2.24, 2.45) is 0 Å². The van der Waals surface area contributed by atoms with Gasteiger partial charge in [0.2, 0.25) is 0 Å². The van der Waals surface area contributed by atoms with Crippen LogP contribution in [0.3, 0.4) is 0 Å². The molecule has 1 aromatic carbocycles. The predicted octanol–water partition coefficient (Wildman–Crippen LogP) is 3.20. The van der Waals surface area contributed by atoms with Crippen molar-refractivity contribution >= 4 is 21.9 Å². The molecule has 0 saturated carbocycles. The number of carbonyl (C=O) groups excluding carboxylic acids is 1. The van der Waals surface area contributed by atoms with Gasteiger partial charge in [0.15, 0.2) is 6.61 Å². The molecule has 0 aliphatic rings. The summed E-state index contributed by atoms with van der Waals surface area (Å²) in [6.07, 6.45) is 0. The molecular formula is C15H22BrNO3. The van der Waals surface area contributed by atoms with Gasteiger partial charge < -0.3 is 14.8 Å². The van der Waals surface area contributed by atoms with Crippen LogP contribution in [0.2, 0.25) is 0 Å². The third kappa shape index (κ3) is 5.51. The number of aryl methyl sites for hydroxylation is 1. The van der Waals surface area contributed by atoms with E-state index in [9.17, 15) is 4.79 Å². The molecule has 1 aromatic rings. The minimum absolute atomic E-state index is 0.00976. The van der Waals surface area contributed by atoms with E-state index in [1.54, 1.807) is 0 Å². The maximum Gasteiger partial charge on any atom is 0.343 e. The zero-order valence-corrected chi connectivity index (χ0v) is 14.3. The van der Waals surface area contributed by atoms with Gasteiger partial charge in [-0.1, -0.05) is 15.9 Å². The summed E-state index contributed by atoms with van der Waals surface area (Å²) in [6.45, 7) is 8.85. The van der Waals surface area contributed by atoms with E-state index >= 15 is 0 Å². The SMILES string of the molecule is COC(=O)COc1c(C)cc(Br)cc1CNC(C)(C)C. The maximum absolute atomic E-state index is 11.2. The molecule has 0 aliphatic carbocycles. The molecule has 20 heavy (non-hydrogen) atoms. The first-order valence-corrected chi connectivity index (χ1v) is 7.26. The summed E-state index contributed by atoms with van der Waals surface area (Å²) in [5.41, 5.74) is 2.00. The van der Waals surface area contributed by atoms with Gasteiger partial charge >= 0.3 is 5.97 Å². The highest BCUT2D eigenvalue weighted by Gasteiger charge is 2.14. The van der Waals surface area contributed by atoms with Crippen molar-refractivity contribution < 1.29 is 14.3 Å². The number of esters is 1. The molecule has 1 rings (SSSR count). The zero-order valence-electron chi connectivity index (χ0n) is 12.7. The number of methoxy groups -OCH3 is 1. The van der Waals surface area contributed by atoms with Crippen LogP contribution >= 0.6 is 15.9 Å². The normalized spacial score (nSPS) is 11.3. The average molecular weight is 344 g/mol. The van der Waals surface area contributed by atoms with Crippen molar-refractivity contribution in [2.45, 2.75) is 39.8 Å². The Hall–Kier alpha value is -1.07. The smallest absolute Gasteiger partial charge is 0.343 e. The Morgan fingerprint density at radius 1 is 1.35 bits per heavy atom. The van der Waals surface area contributed by atoms with Crippen LogP contribution in [0.25, 0.3) is 0 Å². The van der Waals surface area contributed by atoms with Gasteiger partial charge in [0.05, 0.1) is 7.11 Å². The lowest BCUT2D eigenvalue weighted by Gasteiger charge is -2.22. The molecule has 0 fully saturated rings. The molecule has 4 nitrogen and oxygen atoms in total. The van der Waals surface area contributed by atoms with Crippen LogP contribution in [-0.4, -0.2) is 25.2 Å². The number of nitrogens with one attached hydrogen (secondary N) is 1. The summed E-state index contributed by atoms with van der Waals surface area (Å²) in [4.78, 5) is 11.2. The highest BCUT2D eigenvalue weighted by atomic mass is 79.9. The van der Waals surface area contributed by atoms with Crippen molar-refractivity contribution in [3.05, 3.63) is 27.7 Å². The Morgan fingerprint density at radius 2 is 2.00 bits per heavy atom. The highest BCUT2D eigenvalue weighted by Crippen LogP contribution is 2.28. The molecule has 0 atom stereocenters. The molecule has 0 amide bonds. The summed E-state index contributed by atoms with van der Waals surface area (Å²) in [6, 6.07) is 3.96. The fourth-order valence-electron chi connectivity index (χ4n) is 1.69. The Balaban J connectivity index is 2.92. The summed E-state index contributed by atoms with van der Waals surface area (Å²) in [5, 5.41) is 3.42. The van der Waals surface area contributed by atoms with E-state index in [0.717, 1.165) is 21.3 Å². The first-order valence-electron chi connectivity index (χ1n) is 6.46. The first-order chi connectivity index (χ1) is 9.23. The van der Waals surface area contributed by atoms with Crippen molar-refractivity contribution in [2.75, 3.05) is 13.7 Å². The summed E-state index contributed by atoms with van der Waals surface area (Å²) < 4.78 is 11.2. The third-order valence-corrected chi connectivity index (χ3v) is 3.15. The number of hydrogen-bond acceptors (Lipinski definition) is 4. The monoisotopic (exact) mass is 343 g/mol. The van der Waals surface area contributed by atoms with Crippen LogP contribution in [0.4, 0.5) is 0 Å². The van der Waals surface area contributed by atoms with Crippen LogP contribution in [-0.2, 0) is 16.1 Å². The molecule has 5 heteroatoms. The number of ether oxygens (including phenoxy) is 2. The van der Waals surface area contributed by atoms with E-state index in [-0.39, 0.29) is 18.1 Å². The Bertz CT molecular complexity index is 481. The van der Waals surface area contributed by atoms with Gasteiger partial charge in [-0.3, -0.25) is 0 Å². The van der Waals surface area contributed by atoms with E-state index in [1.807, 2.05) is 19.1 Å². The van der Waals surface area contributed by atoms with Crippen LogP contribution in [0.5, 0.6) is 5.75 Å². The van der Waals surface area contributed by atoms with E-state index in [2.05, 4.69) is 46.8 Å². The maximum atomic E-state index is 11.2. The second-order valence-electron chi connectivity index (χ2n) is 5.68. The number of carbonyl (C=O) groups is 1. The van der Waals surface area contributed by atoms with Gasteiger partial charge in [0.25, 0.3) is 0 Å². The lowest BCUT2D eigenvalue weighted by Crippen LogP contribution is -2.35. The van der Waals surface area contributed by atoms with E-state index < -0.39 is 0 Å². The fraction of sp³-hybridized carbons (Fsp3) is 0.533. The second-order valence-corrected chi connectivity index (χ2v) is 6.59. The predicted molar refractivity (Wildman–Crippen MR) is 83.0 cm³/mol. The number of benzene rings is 1. The van der Waals surface area contributed by atoms with Gasteiger partial charge in [-0.25, -0.2) is 4.79 Å². The Morgan fingerprint density at radius 3 is 2.55 bits per heavy atom. The molecule has 1 N–H and O–H groups in total. The molecule has 0 aromatic heterocycles. The minimum atomic E-state index is -0.387. The summed E-state index contributed by atoms with van der Waals surface area (Å²) >= 11 is 3.49. The molecule has 0 saturated heterocycles. The molecule has 0 spiro atoms. The zero-order chi connectivity index (χ0) is 15.3. The topological polar surface area (TPSA) is 47.6 Å². The van der Waals surface area contributed by atoms with Gasteiger partial charge in [0, 0.05) is 22.1 Å². The first kappa shape index (κ1) is 17.0. The molecule has 0 unspecified atom stereocenters. The molecule has 0 radical (unpaired) electrons. The molecule has 0 aliphatic heterocycles. The number of hydrogen-bond donors (Lipinski definition) is 1. The fourth-order valence-corrected chi connectivity index (χ4v) is 2.31. The lowest BCUT2D eigenvalue weighted by molar-refractivity contribution is -0.142. The van der Waals surface area contributed by atoms with Crippen LogP contribution < -0.4 is 10.1 Å². The van der Waals surface area contributed by atoms with E-state index in [4.69, 9.17) is 4.74 Å². The third-order valence-electron chi connectivity index (χ3n) is 2.69. The Kier molecular flexibility index (Phi) is 6.02. The summed E-state index contributed by atoms with van der Waals surface area (Å²) in [5.74, 6) is 0.345. The number of rotatable bonds is 5. The number of halogens is 1. The van der Waals surface area contributed by atoms with Gasteiger partial charge in [-0.2, -0.15) is 0 Å². The van der Waals surface area contributed by atoms with Crippen LogP contribution in [0, 0.1) is 6.92 Å². The molecule has 0 bridgehead atoms. The average Bonchev–Trinajstić information content (AvgIpc) is 2.33. The van der Waals surface area contributed by atoms with Gasteiger partial charge in [-0.05, 0) is 45.4 Å². The van der Waals surface area contributed by atoms with E-state index in [1.165, 1.54) is 7.11 Å². The van der Waals surface area contributed by atoms with Crippen molar-refractivity contribution in [1.29, 1.82) is 0 Å². The largest absolute Gasteiger partial charge is 0.481 e. The minimum Gasteiger partial charge on any atom is -0.481 e. The van der Waals surface area contributed by atoms with E-state index in [0.29, 0.717) is 6.54 Å². The summed E-state index contributed by atoms with van der Waals surface area (Å²) in [7, 11) is 1.35.